The summed E-state index contributed by atoms with van der Waals surface area (Å²) in [5.74, 6) is -1.06. The van der Waals surface area contributed by atoms with E-state index in [9.17, 15) is 18.0 Å². The molecule has 0 heterocycles. The van der Waals surface area contributed by atoms with E-state index in [1.54, 1.807) is 30.3 Å². The third kappa shape index (κ3) is 5.08. The lowest BCUT2D eigenvalue weighted by atomic mass is 10.1. The highest BCUT2D eigenvalue weighted by molar-refractivity contribution is 6.18. The van der Waals surface area contributed by atoms with Crippen LogP contribution in [0.1, 0.15) is 18.0 Å². The van der Waals surface area contributed by atoms with Crippen molar-refractivity contribution in [2.75, 3.05) is 5.88 Å². The highest BCUT2D eigenvalue weighted by Crippen LogP contribution is 2.20. The van der Waals surface area contributed by atoms with Crippen molar-refractivity contribution in [1.29, 1.82) is 0 Å². The van der Waals surface area contributed by atoms with Crippen LogP contribution < -0.4 is 5.32 Å². The van der Waals surface area contributed by atoms with Gasteiger partial charge in [-0.15, -0.1) is 11.6 Å². The average Bonchev–Trinajstić information content (AvgIpc) is 2.24. The van der Waals surface area contributed by atoms with Gasteiger partial charge in [-0.2, -0.15) is 13.2 Å². The fourth-order valence-electron chi connectivity index (χ4n) is 1.32. The molecule has 1 rings (SSSR count). The topological polar surface area (TPSA) is 29.1 Å². The van der Waals surface area contributed by atoms with Gasteiger partial charge in [0.05, 0.1) is 6.04 Å². The zero-order valence-corrected chi connectivity index (χ0v) is 9.55. The van der Waals surface area contributed by atoms with Gasteiger partial charge in [0.1, 0.15) is 6.42 Å². The minimum Gasteiger partial charge on any atom is -0.348 e. The largest absolute Gasteiger partial charge is 0.397 e. The Morgan fingerprint density at radius 2 is 1.88 bits per heavy atom. The van der Waals surface area contributed by atoms with E-state index in [2.05, 4.69) is 5.32 Å². The first-order valence-corrected chi connectivity index (χ1v) is 5.43. The van der Waals surface area contributed by atoms with Crippen molar-refractivity contribution in [3.05, 3.63) is 35.9 Å². The molecule has 17 heavy (non-hydrogen) atoms. The first-order valence-electron chi connectivity index (χ1n) is 4.89. The number of alkyl halides is 4. The number of carbonyl (C=O) groups is 1. The fourth-order valence-corrected chi connectivity index (χ4v) is 1.58. The number of benzene rings is 1. The van der Waals surface area contributed by atoms with E-state index >= 15 is 0 Å². The molecule has 6 heteroatoms. The van der Waals surface area contributed by atoms with Gasteiger partial charge in [-0.05, 0) is 5.56 Å². The van der Waals surface area contributed by atoms with Crippen LogP contribution in [0.2, 0.25) is 0 Å². The Kier molecular flexibility index (Phi) is 4.81. The molecule has 0 fully saturated rings. The molecule has 0 spiro atoms. The third-order valence-electron chi connectivity index (χ3n) is 2.05. The van der Waals surface area contributed by atoms with Gasteiger partial charge in [0.2, 0.25) is 5.91 Å². The predicted octanol–water partition coefficient (Wildman–Crippen LogP) is 3.04. The summed E-state index contributed by atoms with van der Waals surface area (Å²) in [5.41, 5.74) is 0.679. The zero-order chi connectivity index (χ0) is 12.9. The van der Waals surface area contributed by atoms with Crippen molar-refractivity contribution in [2.24, 2.45) is 0 Å². The van der Waals surface area contributed by atoms with Gasteiger partial charge in [0.25, 0.3) is 0 Å². The summed E-state index contributed by atoms with van der Waals surface area (Å²) in [7, 11) is 0. The van der Waals surface area contributed by atoms with Gasteiger partial charge in [0, 0.05) is 5.88 Å². The summed E-state index contributed by atoms with van der Waals surface area (Å²) in [5, 5.41) is 2.25. The Hall–Kier alpha value is -1.23. The van der Waals surface area contributed by atoms with Crippen LogP contribution in [0.5, 0.6) is 0 Å². The van der Waals surface area contributed by atoms with E-state index in [4.69, 9.17) is 11.6 Å². The van der Waals surface area contributed by atoms with E-state index in [-0.39, 0.29) is 5.88 Å². The molecule has 0 saturated heterocycles. The summed E-state index contributed by atoms with van der Waals surface area (Å²) < 4.78 is 35.9. The second-order valence-electron chi connectivity index (χ2n) is 3.48. The van der Waals surface area contributed by atoms with Crippen LogP contribution in [0, 0.1) is 0 Å². The Morgan fingerprint density at radius 1 is 1.29 bits per heavy atom. The lowest BCUT2D eigenvalue weighted by molar-refractivity contribution is -0.154. The molecule has 0 aromatic heterocycles. The number of halogens is 4. The summed E-state index contributed by atoms with van der Waals surface area (Å²) in [6.07, 6.45) is -6.00. The molecule has 1 unspecified atom stereocenters. The Balaban J connectivity index is 2.62. The van der Waals surface area contributed by atoms with Crippen LogP contribution >= 0.6 is 11.6 Å². The number of rotatable bonds is 4. The molecule has 1 atom stereocenters. The molecule has 0 aliphatic carbocycles. The van der Waals surface area contributed by atoms with Crippen molar-refractivity contribution >= 4 is 17.5 Å². The van der Waals surface area contributed by atoms with Gasteiger partial charge in [-0.3, -0.25) is 4.79 Å². The van der Waals surface area contributed by atoms with E-state index in [1.807, 2.05) is 0 Å². The average molecular weight is 266 g/mol. The second-order valence-corrected chi connectivity index (χ2v) is 3.79. The minimum absolute atomic E-state index is 0.0214. The second kappa shape index (κ2) is 5.91. The Morgan fingerprint density at radius 3 is 2.35 bits per heavy atom. The van der Waals surface area contributed by atoms with Crippen LogP contribution in [0.3, 0.4) is 0 Å². The van der Waals surface area contributed by atoms with Crippen LogP contribution in [0.4, 0.5) is 13.2 Å². The van der Waals surface area contributed by atoms with Crippen molar-refractivity contribution in [2.45, 2.75) is 18.6 Å². The molecule has 0 bridgehead atoms. The fraction of sp³-hybridized carbons (Fsp3) is 0.364. The first-order chi connectivity index (χ1) is 7.92. The smallest absolute Gasteiger partial charge is 0.348 e. The molecule has 0 aliphatic rings. The van der Waals surface area contributed by atoms with Gasteiger partial charge in [-0.1, -0.05) is 30.3 Å². The monoisotopic (exact) mass is 265 g/mol. The minimum atomic E-state index is -4.50. The van der Waals surface area contributed by atoms with Crippen molar-refractivity contribution in [3.8, 4) is 0 Å². The summed E-state index contributed by atoms with van der Waals surface area (Å²) in [6, 6.07) is 8.01. The molecule has 1 aromatic carbocycles. The van der Waals surface area contributed by atoms with Gasteiger partial charge < -0.3 is 5.32 Å². The standard InChI is InChI=1S/C11H11ClF3NO/c12-7-9(8-4-2-1-3-5-8)16-10(17)6-11(13,14)15/h1-5,9H,6-7H2,(H,16,17). The van der Waals surface area contributed by atoms with E-state index in [1.165, 1.54) is 0 Å². The first kappa shape index (κ1) is 13.8. The number of nitrogens with one attached hydrogen (secondary N) is 1. The van der Waals surface area contributed by atoms with Gasteiger partial charge in [0.15, 0.2) is 0 Å². The summed E-state index contributed by atoms with van der Waals surface area (Å²) in [6.45, 7) is 0. The van der Waals surface area contributed by atoms with E-state index < -0.39 is 24.5 Å². The lowest BCUT2D eigenvalue weighted by Crippen LogP contribution is -2.32. The lowest BCUT2D eigenvalue weighted by Gasteiger charge is -2.17. The quantitative estimate of drug-likeness (QED) is 0.833. The number of hydrogen-bond acceptors (Lipinski definition) is 1. The molecular formula is C11H11ClF3NO. The van der Waals surface area contributed by atoms with Crippen LogP contribution in [0.25, 0.3) is 0 Å². The molecule has 2 nitrogen and oxygen atoms in total. The summed E-state index contributed by atoms with van der Waals surface area (Å²) >= 11 is 5.62. The zero-order valence-electron chi connectivity index (χ0n) is 8.80. The molecule has 0 saturated carbocycles. The van der Waals surface area contributed by atoms with Gasteiger partial charge >= 0.3 is 6.18 Å². The van der Waals surface area contributed by atoms with Crippen molar-refractivity contribution in [3.63, 3.8) is 0 Å². The highest BCUT2D eigenvalue weighted by atomic mass is 35.5. The van der Waals surface area contributed by atoms with E-state index in [0.29, 0.717) is 5.56 Å². The Labute approximate surface area is 102 Å². The number of hydrogen-bond donors (Lipinski definition) is 1. The maximum absolute atomic E-state index is 12.0. The molecule has 1 aromatic rings. The molecule has 0 aliphatic heterocycles. The van der Waals surface area contributed by atoms with E-state index in [0.717, 1.165) is 0 Å². The maximum atomic E-state index is 12.0. The molecule has 1 N–H and O–H groups in total. The van der Waals surface area contributed by atoms with Crippen molar-refractivity contribution < 1.29 is 18.0 Å². The Bertz CT molecular complexity index is 367. The van der Waals surface area contributed by atoms with Crippen LogP contribution in [-0.2, 0) is 4.79 Å². The van der Waals surface area contributed by atoms with Gasteiger partial charge in [-0.25, -0.2) is 0 Å². The highest BCUT2D eigenvalue weighted by Gasteiger charge is 2.31. The third-order valence-corrected chi connectivity index (χ3v) is 2.36. The predicted molar refractivity (Wildman–Crippen MR) is 58.7 cm³/mol. The molecule has 1 amide bonds. The van der Waals surface area contributed by atoms with Crippen molar-refractivity contribution in [1.82, 2.24) is 5.32 Å². The number of carbonyl (C=O) groups excluding carboxylic acids is 1. The van der Waals surface area contributed by atoms with Crippen LogP contribution in [-0.4, -0.2) is 18.0 Å². The summed E-state index contributed by atoms with van der Waals surface area (Å²) in [4.78, 5) is 11.1. The molecular weight excluding hydrogens is 255 g/mol. The molecule has 0 radical (unpaired) electrons. The maximum Gasteiger partial charge on any atom is 0.397 e. The number of amides is 1. The SMILES string of the molecule is O=C(CC(F)(F)F)NC(CCl)c1ccccc1. The normalized spacial score (nSPS) is 13.2. The van der Waals surface area contributed by atoms with Crippen LogP contribution in [0.15, 0.2) is 30.3 Å². The molecule has 94 valence electrons.